The second kappa shape index (κ2) is 9.72. The van der Waals surface area contributed by atoms with Crippen LogP contribution in [-0.2, 0) is 0 Å². The lowest BCUT2D eigenvalue weighted by molar-refractivity contribution is 0.381. The van der Waals surface area contributed by atoms with Gasteiger partial charge in [0, 0.05) is 17.9 Å². The third-order valence-electron chi connectivity index (χ3n) is 6.74. The number of aromatic nitrogens is 2. The molecule has 6 rings (SSSR count). The lowest BCUT2D eigenvalue weighted by atomic mass is 9.98. The Morgan fingerprint density at radius 1 is 0.857 bits per heavy atom. The molecule has 1 aliphatic carbocycles. The molecule has 3 aromatic rings. The summed E-state index contributed by atoms with van der Waals surface area (Å²) in [6, 6.07) is 33.5. The maximum Gasteiger partial charge on any atom is 0.0900 e. The monoisotopic (exact) mass is 459 g/mol. The Kier molecular flexibility index (Phi) is 5.99. The van der Waals surface area contributed by atoms with E-state index in [4.69, 9.17) is 9.98 Å². The zero-order valence-corrected chi connectivity index (χ0v) is 19.7. The van der Waals surface area contributed by atoms with Crippen LogP contribution in [0.15, 0.2) is 102 Å². The fourth-order valence-electron chi connectivity index (χ4n) is 4.90. The summed E-state index contributed by atoms with van der Waals surface area (Å²) in [5.41, 5.74) is 7.18. The molecule has 1 fully saturated rings. The highest BCUT2D eigenvalue weighted by Gasteiger charge is 2.17. The minimum absolute atomic E-state index is 0.618. The number of rotatable bonds is 5. The van der Waals surface area contributed by atoms with Gasteiger partial charge in [-0.3, -0.25) is 4.99 Å². The number of hydrogen-bond donors (Lipinski definition) is 2. The molecular formula is C30H29N5. The van der Waals surface area contributed by atoms with Crippen molar-refractivity contribution in [2.24, 2.45) is 10.9 Å². The van der Waals surface area contributed by atoms with Gasteiger partial charge in [0.25, 0.3) is 0 Å². The minimum Gasteiger partial charge on any atom is -0.354 e. The number of benzene rings is 4. The van der Waals surface area contributed by atoms with Crippen LogP contribution < -0.4 is 16.0 Å². The minimum atomic E-state index is 0.618. The van der Waals surface area contributed by atoms with E-state index in [1.807, 2.05) is 24.3 Å². The molecule has 174 valence electrons. The summed E-state index contributed by atoms with van der Waals surface area (Å²) >= 11 is 0. The van der Waals surface area contributed by atoms with Crippen LogP contribution in [0.25, 0.3) is 28.1 Å². The molecule has 0 saturated carbocycles. The van der Waals surface area contributed by atoms with Crippen LogP contribution in [0.1, 0.15) is 12.8 Å². The number of anilines is 2. The molecule has 0 amide bonds. The van der Waals surface area contributed by atoms with Gasteiger partial charge < -0.3 is 15.2 Å². The molecule has 0 bridgehead atoms. The smallest absolute Gasteiger partial charge is 0.0900 e. The van der Waals surface area contributed by atoms with E-state index in [1.165, 1.54) is 12.8 Å². The Morgan fingerprint density at radius 2 is 1.57 bits per heavy atom. The molecule has 2 N–H and O–H groups in total. The normalized spacial score (nSPS) is 15.0. The van der Waals surface area contributed by atoms with Gasteiger partial charge >= 0.3 is 0 Å². The largest absolute Gasteiger partial charge is 0.354 e. The number of nitrogens with zero attached hydrogens (tertiary/aromatic N) is 3. The van der Waals surface area contributed by atoms with E-state index in [0.29, 0.717) is 5.92 Å². The van der Waals surface area contributed by atoms with Gasteiger partial charge in [-0.25, -0.2) is 4.98 Å². The molecule has 3 aromatic carbocycles. The summed E-state index contributed by atoms with van der Waals surface area (Å²) < 4.78 is 2.30. The van der Waals surface area contributed by atoms with Crippen LogP contribution in [-0.4, -0.2) is 29.2 Å². The van der Waals surface area contributed by atoms with Crippen LogP contribution in [0, 0.1) is 5.92 Å². The van der Waals surface area contributed by atoms with Crippen LogP contribution in [0.5, 0.6) is 0 Å². The van der Waals surface area contributed by atoms with Gasteiger partial charge in [-0.2, -0.15) is 0 Å². The van der Waals surface area contributed by atoms with Gasteiger partial charge in [0.2, 0.25) is 0 Å². The molecule has 0 aromatic heterocycles. The van der Waals surface area contributed by atoms with Crippen molar-refractivity contribution in [3.8, 4) is 17.1 Å². The van der Waals surface area contributed by atoms with Crippen molar-refractivity contribution in [3.05, 3.63) is 102 Å². The second-order valence-corrected chi connectivity index (χ2v) is 9.15. The molecule has 2 heterocycles. The molecule has 0 spiro atoms. The van der Waals surface area contributed by atoms with Gasteiger partial charge in [-0.05, 0) is 80.4 Å². The predicted octanol–water partition coefficient (Wildman–Crippen LogP) is 5.77. The first-order chi connectivity index (χ1) is 17.3. The summed E-state index contributed by atoms with van der Waals surface area (Å²) in [7, 11) is 0. The number of fused-ring (bicyclic) bond motifs is 2. The molecule has 0 unspecified atom stereocenters. The number of piperidine rings is 1. The lowest BCUT2D eigenvalue weighted by Crippen LogP contribution is -2.29. The predicted molar refractivity (Wildman–Crippen MR) is 143 cm³/mol. The van der Waals surface area contributed by atoms with Gasteiger partial charge in [0.15, 0.2) is 0 Å². The van der Waals surface area contributed by atoms with Crippen molar-refractivity contribution in [3.63, 3.8) is 0 Å². The van der Waals surface area contributed by atoms with E-state index in [9.17, 15) is 0 Å². The SMILES string of the molecule is c1ccc(Nc2cc3nc4ccccc4n(-c4ccccc4)c-3cc2=NCC2CCNCC2)cc1. The van der Waals surface area contributed by atoms with Gasteiger partial charge in [0.1, 0.15) is 0 Å². The van der Waals surface area contributed by atoms with Crippen molar-refractivity contribution in [2.75, 3.05) is 25.0 Å². The molecule has 5 heteroatoms. The van der Waals surface area contributed by atoms with E-state index >= 15 is 0 Å². The van der Waals surface area contributed by atoms with Crippen LogP contribution >= 0.6 is 0 Å². The summed E-state index contributed by atoms with van der Waals surface area (Å²) in [5, 5.41) is 8.04. The van der Waals surface area contributed by atoms with E-state index < -0.39 is 0 Å². The third-order valence-corrected chi connectivity index (χ3v) is 6.74. The van der Waals surface area contributed by atoms with Gasteiger partial charge in [-0.1, -0.05) is 48.5 Å². The second-order valence-electron chi connectivity index (χ2n) is 9.15. The fraction of sp³-hybridized carbons (Fsp3) is 0.200. The molecular weight excluding hydrogens is 430 g/mol. The van der Waals surface area contributed by atoms with Crippen molar-refractivity contribution < 1.29 is 0 Å². The number of hydrogen-bond acceptors (Lipinski definition) is 4. The van der Waals surface area contributed by atoms with Crippen LogP contribution in [0.2, 0.25) is 0 Å². The molecule has 2 aliphatic heterocycles. The fourth-order valence-corrected chi connectivity index (χ4v) is 4.90. The quantitative estimate of drug-likeness (QED) is 0.328. The first kappa shape index (κ1) is 21.6. The molecule has 35 heavy (non-hydrogen) atoms. The lowest BCUT2D eigenvalue weighted by Gasteiger charge is -2.22. The van der Waals surface area contributed by atoms with E-state index in [0.717, 1.165) is 64.5 Å². The van der Waals surface area contributed by atoms with Crippen molar-refractivity contribution in [1.29, 1.82) is 0 Å². The molecule has 1 saturated heterocycles. The van der Waals surface area contributed by atoms with Gasteiger partial charge in [-0.15, -0.1) is 0 Å². The summed E-state index contributed by atoms with van der Waals surface area (Å²) in [6.45, 7) is 3.00. The van der Waals surface area contributed by atoms with Crippen LogP contribution in [0.4, 0.5) is 11.4 Å². The van der Waals surface area contributed by atoms with Crippen molar-refractivity contribution in [1.82, 2.24) is 14.9 Å². The number of para-hydroxylation sites is 4. The van der Waals surface area contributed by atoms with Gasteiger partial charge in [0.05, 0.1) is 33.5 Å². The zero-order chi connectivity index (χ0) is 23.5. The standard InChI is InChI=1S/C30H29N5/c1-3-9-23(10-4-1)33-27-19-28-30(20-26(27)32-21-22-15-17-31-18-16-22)35(24-11-5-2-6-12-24)29-14-8-7-13-25(29)34-28/h1-14,19-20,22,31,33H,15-18,21H2. The average molecular weight is 460 g/mol. The molecule has 5 nitrogen and oxygen atoms in total. The van der Waals surface area contributed by atoms with Crippen LogP contribution in [0.3, 0.4) is 0 Å². The van der Waals surface area contributed by atoms with Crippen molar-refractivity contribution in [2.45, 2.75) is 12.8 Å². The Labute approximate surface area is 205 Å². The molecule has 0 atom stereocenters. The number of nitrogens with one attached hydrogen (secondary N) is 2. The van der Waals surface area contributed by atoms with E-state index in [-0.39, 0.29) is 0 Å². The highest BCUT2D eigenvalue weighted by atomic mass is 15.0. The summed E-state index contributed by atoms with van der Waals surface area (Å²) in [4.78, 5) is 10.2. The van der Waals surface area contributed by atoms with E-state index in [2.05, 4.69) is 88.0 Å². The Morgan fingerprint density at radius 3 is 2.37 bits per heavy atom. The summed E-state index contributed by atoms with van der Waals surface area (Å²) in [5.74, 6) is 0.618. The first-order valence-electron chi connectivity index (χ1n) is 12.4. The topological polar surface area (TPSA) is 54.2 Å². The first-order valence-corrected chi connectivity index (χ1v) is 12.4. The Balaban J connectivity index is 1.57. The highest BCUT2D eigenvalue weighted by Crippen LogP contribution is 2.30. The third kappa shape index (κ3) is 4.55. The molecule has 0 radical (unpaired) electrons. The maximum atomic E-state index is 5.16. The Bertz CT molecular complexity index is 1470. The zero-order valence-electron chi connectivity index (χ0n) is 19.7. The average Bonchev–Trinajstić information content (AvgIpc) is 2.92. The maximum absolute atomic E-state index is 5.16. The summed E-state index contributed by atoms with van der Waals surface area (Å²) in [6.07, 6.45) is 2.35. The van der Waals surface area contributed by atoms with E-state index in [1.54, 1.807) is 0 Å². The highest BCUT2D eigenvalue weighted by molar-refractivity contribution is 5.84. The van der Waals surface area contributed by atoms with Crippen molar-refractivity contribution >= 4 is 22.4 Å². The Hall–Kier alpha value is -3.96. The molecule has 3 aliphatic rings.